The van der Waals surface area contributed by atoms with Gasteiger partial charge in [0.25, 0.3) is 0 Å². The highest BCUT2D eigenvalue weighted by atomic mass is 16.5. The minimum Gasteiger partial charge on any atom is -0.493 e. The van der Waals surface area contributed by atoms with Crippen molar-refractivity contribution in [3.63, 3.8) is 0 Å². The second-order valence-corrected chi connectivity index (χ2v) is 7.57. The largest absolute Gasteiger partial charge is 0.493 e. The number of aromatic nitrogens is 1. The molecule has 1 aliphatic carbocycles. The molecular formula is C25H28N2O2. The molecular weight excluding hydrogens is 360 g/mol. The topological polar surface area (TPSA) is 34.6 Å². The number of rotatable bonds is 7. The smallest absolute Gasteiger partial charge is 0.185 e. The van der Waals surface area contributed by atoms with Crippen molar-refractivity contribution in [3.8, 4) is 11.5 Å². The van der Waals surface area contributed by atoms with Crippen LogP contribution in [-0.2, 0) is 6.54 Å². The van der Waals surface area contributed by atoms with Crippen molar-refractivity contribution in [3.05, 3.63) is 78.1 Å². The number of methoxy groups -OCH3 is 1. The van der Waals surface area contributed by atoms with E-state index >= 15 is 0 Å². The number of aryl methyl sites for hydroxylation is 1. The third-order valence-electron chi connectivity index (χ3n) is 5.53. The maximum atomic E-state index is 6.57. The Labute approximate surface area is 173 Å². The lowest BCUT2D eigenvalue weighted by Gasteiger charge is -2.29. The van der Waals surface area contributed by atoms with Gasteiger partial charge in [-0.15, -0.1) is 0 Å². The molecule has 150 valence electrons. The molecule has 2 aromatic carbocycles. The fourth-order valence-electron chi connectivity index (χ4n) is 4.00. The monoisotopic (exact) mass is 388 g/mol. The number of para-hydroxylation sites is 1. The average molecular weight is 389 g/mol. The van der Waals surface area contributed by atoms with Crippen LogP contribution in [0.2, 0.25) is 0 Å². The molecule has 3 aromatic rings. The van der Waals surface area contributed by atoms with Crippen molar-refractivity contribution >= 4 is 11.4 Å². The lowest BCUT2D eigenvalue weighted by Crippen LogP contribution is -2.20. The van der Waals surface area contributed by atoms with E-state index in [9.17, 15) is 0 Å². The number of pyridine rings is 1. The summed E-state index contributed by atoms with van der Waals surface area (Å²) in [4.78, 5) is 6.45. The SMILES string of the molecule is COc1c(C)ccc(N(Cc2ccncc2)c2ccccc2)c1OC1CCCC1. The number of ether oxygens (including phenoxy) is 2. The molecule has 0 amide bonds. The molecule has 4 nitrogen and oxygen atoms in total. The van der Waals surface area contributed by atoms with E-state index in [4.69, 9.17) is 9.47 Å². The first-order chi connectivity index (χ1) is 14.3. The van der Waals surface area contributed by atoms with Crippen molar-refractivity contribution < 1.29 is 9.47 Å². The maximum Gasteiger partial charge on any atom is 0.185 e. The van der Waals surface area contributed by atoms with Crippen LogP contribution < -0.4 is 14.4 Å². The van der Waals surface area contributed by atoms with E-state index in [0.717, 1.165) is 47.8 Å². The van der Waals surface area contributed by atoms with Crippen LogP contribution in [0, 0.1) is 6.92 Å². The first-order valence-electron chi connectivity index (χ1n) is 10.3. The molecule has 4 heteroatoms. The van der Waals surface area contributed by atoms with E-state index < -0.39 is 0 Å². The standard InChI is InChI=1S/C25H28N2O2/c1-19-12-13-23(25(24(19)28-2)29-22-10-6-7-11-22)27(21-8-4-3-5-9-21)18-20-14-16-26-17-15-20/h3-5,8-9,12-17,22H,6-7,10-11,18H2,1-2H3. The number of nitrogens with zero attached hydrogens (tertiary/aromatic N) is 2. The van der Waals surface area contributed by atoms with Gasteiger partial charge in [-0.05, 0) is 74.1 Å². The average Bonchev–Trinajstić information content (AvgIpc) is 3.27. The molecule has 0 aliphatic heterocycles. The van der Waals surface area contributed by atoms with Gasteiger partial charge in [0.15, 0.2) is 11.5 Å². The van der Waals surface area contributed by atoms with Gasteiger partial charge in [0.05, 0.1) is 18.9 Å². The third kappa shape index (κ3) is 4.37. The van der Waals surface area contributed by atoms with E-state index in [-0.39, 0.29) is 6.10 Å². The van der Waals surface area contributed by atoms with Crippen LogP contribution in [0.3, 0.4) is 0 Å². The van der Waals surface area contributed by atoms with Gasteiger partial charge >= 0.3 is 0 Å². The normalized spacial score (nSPS) is 14.0. The Bertz CT molecular complexity index is 922. The molecule has 0 radical (unpaired) electrons. The highest BCUT2D eigenvalue weighted by Crippen LogP contribution is 2.45. The number of benzene rings is 2. The van der Waals surface area contributed by atoms with Gasteiger partial charge in [-0.3, -0.25) is 4.98 Å². The summed E-state index contributed by atoms with van der Waals surface area (Å²) in [5.41, 5.74) is 4.42. The van der Waals surface area contributed by atoms with Crippen LogP contribution in [0.4, 0.5) is 11.4 Å². The molecule has 1 saturated carbocycles. The van der Waals surface area contributed by atoms with Gasteiger partial charge in [0, 0.05) is 24.6 Å². The van der Waals surface area contributed by atoms with Crippen molar-refractivity contribution in [1.29, 1.82) is 0 Å². The van der Waals surface area contributed by atoms with Crippen LogP contribution >= 0.6 is 0 Å². The Hall–Kier alpha value is -3.01. The molecule has 1 heterocycles. The van der Waals surface area contributed by atoms with Crippen molar-refractivity contribution in [2.24, 2.45) is 0 Å². The Morgan fingerprint density at radius 1 is 0.931 bits per heavy atom. The molecule has 0 N–H and O–H groups in total. The van der Waals surface area contributed by atoms with Crippen LogP contribution in [0.1, 0.15) is 36.8 Å². The minimum atomic E-state index is 0.253. The lowest BCUT2D eigenvalue weighted by atomic mass is 10.1. The van der Waals surface area contributed by atoms with Gasteiger partial charge < -0.3 is 14.4 Å². The molecule has 0 spiro atoms. The zero-order valence-electron chi connectivity index (χ0n) is 17.2. The summed E-state index contributed by atoms with van der Waals surface area (Å²) in [6.07, 6.45) is 8.59. The van der Waals surface area contributed by atoms with E-state index in [1.54, 1.807) is 7.11 Å². The fourth-order valence-corrected chi connectivity index (χ4v) is 4.00. The van der Waals surface area contributed by atoms with E-state index in [1.165, 1.54) is 18.4 Å². The molecule has 0 saturated heterocycles. The summed E-state index contributed by atoms with van der Waals surface area (Å²) >= 11 is 0. The second kappa shape index (κ2) is 8.99. The first kappa shape index (κ1) is 19.3. The minimum absolute atomic E-state index is 0.253. The molecule has 1 aromatic heterocycles. The quantitative estimate of drug-likeness (QED) is 0.493. The van der Waals surface area contributed by atoms with Gasteiger partial charge in [-0.2, -0.15) is 0 Å². The summed E-state index contributed by atoms with van der Waals surface area (Å²) < 4.78 is 12.4. The molecule has 0 bridgehead atoms. The summed E-state index contributed by atoms with van der Waals surface area (Å²) in [5, 5.41) is 0. The molecule has 1 fully saturated rings. The van der Waals surface area contributed by atoms with E-state index in [0.29, 0.717) is 0 Å². The molecule has 0 atom stereocenters. The number of anilines is 2. The molecule has 0 unspecified atom stereocenters. The summed E-state index contributed by atoms with van der Waals surface area (Å²) in [6.45, 7) is 2.79. The predicted molar refractivity (Wildman–Crippen MR) is 117 cm³/mol. The molecule has 4 rings (SSSR count). The van der Waals surface area contributed by atoms with E-state index in [1.807, 2.05) is 18.5 Å². The van der Waals surface area contributed by atoms with Gasteiger partial charge in [-0.25, -0.2) is 0 Å². The number of hydrogen-bond donors (Lipinski definition) is 0. The van der Waals surface area contributed by atoms with Gasteiger partial charge in [0.2, 0.25) is 0 Å². The zero-order valence-corrected chi connectivity index (χ0v) is 17.2. The zero-order chi connectivity index (χ0) is 20.1. The fraction of sp³-hybridized carbons (Fsp3) is 0.320. The third-order valence-corrected chi connectivity index (χ3v) is 5.53. The Kier molecular flexibility index (Phi) is 5.99. The first-order valence-corrected chi connectivity index (χ1v) is 10.3. The highest BCUT2D eigenvalue weighted by Gasteiger charge is 2.25. The van der Waals surface area contributed by atoms with Gasteiger partial charge in [0.1, 0.15) is 0 Å². The maximum absolute atomic E-state index is 6.57. The van der Waals surface area contributed by atoms with Crippen molar-refractivity contribution in [2.45, 2.75) is 45.3 Å². The number of hydrogen-bond acceptors (Lipinski definition) is 4. The van der Waals surface area contributed by atoms with Crippen molar-refractivity contribution in [2.75, 3.05) is 12.0 Å². The Morgan fingerprint density at radius 3 is 2.34 bits per heavy atom. The molecule has 29 heavy (non-hydrogen) atoms. The highest BCUT2D eigenvalue weighted by molar-refractivity contribution is 5.74. The van der Waals surface area contributed by atoms with E-state index in [2.05, 4.69) is 65.3 Å². The van der Waals surface area contributed by atoms with Crippen LogP contribution in [0.15, 0.2) is 67.0 Å². The van der Waals surface area contributed by atoms with Crippen LogP contribution in [0.5, 0.6) is 11.5 Å². The Morgan fingerprint density at radius 2 is 1.66 bits per heavy atom. The predicted octanol–water partition coefficient (Wildman–Crippen LogP) is 6.06. The summed E-state index contributed by atoms with van der Waals surface area (Å²) in [5.74, 6) is 1.67. The molecule has 1 aliphatic rings. The van der Waals surface area contributed by atoms with Crippen molar-refractivity contribution in [1.82, 2.24) is 4.98 Å². The van der Waals surface area contributed by atoms with Crippen LogP contribution in [0.25, 0.3) is 0 Å². The Balaban J connectivity index is 1.80. The lowest BCUT2D eigenvalue weighted by molar-refractivity contribution is 0.201. The second-order valence-electron chi connectivity index (χ2n) is 7.57. The van der Waals surface area contributed by atoms with Crippen LogP contribution in [-0.4, -0.2) is 18.2 Å². The summed E-state index contributed by atoms with van der Waals surface area (Å²) in [6, 6.07) is 18.8. The summed E-state index contributed by atoms with van der Waals surface area (Å²) in [7, 11) is 1.73. The van der Waals surface area contributed by atoms with Gasteiger partial charge in [-0.1, -0.05) is 24.3 Å².